The van der Waals surface area contributed by atoms with Crippen molar-refractivity contribution < 1.29 is 23.4 Å². The molecule has 0 atom stereocenters. The molecule has 13 nitrogen and oxygen atoms in total. The molecule has 3 aromatic heterocycles. The summed E-state index contributed by atoms with van der Waals surface area (Å²) in [6.45, 7) is 6.84. The number of carbonyl (C=O) groups is 1. The third-order valence-corrected chi connectivity index (χ3v) is 7.17. The van der Waals surface area contributed by atoms with Crippen molar-refractivity contribution in [1.29, 1.82) is 5.26 Å². The minimum atomic E-state index is -0.611. The van der Waals surface area contributed by atoms with E-state index < -0.39 is 5.82 Å². The van der Waals surface area contributed by atoms with E-state index in [4.69, 9.17) is 14.2 Å². The van der Waals surface area contributed by atoms with Crippen molar-refractivity contribution in [3.63, 3.8) is 0 Å². The highest BCUT2D eigenvalue weighted by atomic mass is 19.1. The molecule has 1 saturated heterocycles. The number of nitrogens with one attached hydrogen (secondary N) is 2. The average molecular weight is 622 g/mol. The molecule has 2 N–H and O–H groups in total. The van der Waals surface area contributed by atoms with Crippen LogP contribution in [0.25, 0.3) is 16.6 Å². The molecule has 4 heterocycles. The normalized spacial score (nSPS) is 12.6. The summed E-state index contributed by atoms with van der Waals surface area (Å²) < 4.78 is 33.6. The number of nitrogens with zero attached hydrogens (tertiary/aromatic N) is 7. The number of ether oxygens (including phenoxy) is 3. The highest BCUT2D eigenvalue weighted by molar-refractivity contribution is 5.99. The van der Waals surface area contributed by atoms with Crippen molar-refractivity contribution >= 4 is 33.9 Å². The van der Waals surface area contributed by atoms with Crippen LogP contribution in [-0.2, 0) is 4.79 Å². The van der Waals surface area contributed by atoms with E-state index in [2.05, 4.69) is 43.3 Å². The Hall–Kier alpha value is -6.23. The molecular formula is C32H28FN9O4. The van der Waals surface area contributed by atoms with Gasteiger partial charge in [-0.2, -0.15) is 5.26 Å². The van der Waals surface area contributed by atoms with Crippen LogP contribution in [0.4, 0.5) is 21.5 Å². The van der Waals surface area contributed by atoms with Crippen LogP contribution in [0.5, 0.6) is 23.4 Å². The van der Waals surface area contributed by atoms with Gasteiger partial charge < -0.3 is 29.7 Å². The molecule has 0 bridgehead atoms. The van der Waals surface area contributed by atoms with Gasteiger partial charge >= 0.3 is 6.01 Å². The van der Waals surface area contributed by atoms with Crippen molar-refractivity contribution in [3.05, 3.63) is 85.2 Å². The lowest BCUT2D eigenvalue weighted by Crippen LogP contribution is -2.56. The molecule has 0 radical (unpaired) electrons. The lowest BCUT2D eigenvalue weighted by atomic mass is 10.1. The Bertz CT molecular complexity index is 1970. The largest absolute Gasteiger partial charge is 0.492 e. The molecule has 1 aliphatic rings. The third-order valence-electron chi connectivity index (χ3n) is 7.17. The molecule has 232 valence electrons. The molecule has 0 aliphatic carbocycles. The Kier molecular flexibility index (Phi) is 8.29. The highest BCUT2D eigenvalue weighted by Crippen LogP contribution is 2.38. The second kappa shape index (κ2) is 12.8. The summed E-state index contributed by atoms with van der Waals surface area (Å²) in [6.07, 6.45) is 7.47. The number of benzene rings is 2. The standard InChI is InChI=1S/C32H28FN9O4/c1-4-30(43)41-17-20(18-41)38-27-11-23-26(12-28(27)45-5-2)35-14-19(13-34)31(23)39-25-7-6-22(10-24(25)33)46-29-8-9-42(40-29)21-15-36-32(44-3)37-16-21/h4,6-12,14-16,20,38H,1,5,17-18H2,2-3H3,(H,35,39). The zero-order chi connectivity index (χ0) is 32.2. The van der Waals surface area contributed by atoms with E-state index in [1.807, 2.05) is 13.0 Å². The van der Waals surface area contributed by atoms with E-state index in [9.17, 15) is 10.1 Å². The lowest BCUT2D eigenvalue weighted by molar-refractivity contribution is -0.129. The van der Waals surface area contributed by atoms with Gasteiger partial charge in [-0.15, -0.1) is 5.10 Å². The van der Waals surface area contributed by atoms with Crippen molar-refractivity contribution in [2.45, 2.75) is 13.0 Å². The van der Waals surface area contributed by atoms with Crippen LogP contribution in [0.15, 0.2) is 73.8 Å². The van der Waals surface area contributed by atoms with Gasteiger partial charge in [0, 0.05) is 49.1 Å². The minimum Gasteiger partial charge on any atom is -0.492 e. The van der Waals surface area contributed by atoms with Crippen molar-refractivity contribution in [2.24, 2.45) is 0 Å². The number of pyridine rings is 1. The number of methoxy groups -OCH3 is 1. The number of hydrogen-bond donors (Lipinski definition) is 2. The Morgan fingerprint density at radius 2 is 1.96 bits per heavy atom. The van der Waals surface area contributed by atoms with Crippen LogP contribution < -0.4 is 24.8 Å². The Labute approximate surface area is 262 Å². The van der Waals surface area contributed by atoms with Crippen molar-refractivity contribution in [3.8, 4) is 35.1 Å². The van der Waals surface area contributed by atoms with Gasteiger partial charge in [0.25, 0.3) is 0 Å². The molecular weight excluding hydrogens is 593 g/mol. The summed E-state index contributed by atoms with van der Waals surface area (Å²) in [5.74, 6) is 0.280. The van der Waals surface area contributed by atoms with Crippen LogP contribution in [0.2, 0.25) is 0 Å². The van der Waals surface area contributed by atoms with E-state index >= 15 is 4.39 Å². The zero-order valence-corrected chi connectivity index (χ0v) is 24.9. The second-order valence-corrected chi connectivity index (χ2v) is 10.1. The van der Waals surface area contributed by atoms with Crippen molar-refractivity contribution in [2.75, 3.05) is 37.4 Å². The Morgan fingerprint density at radius 3 is 2.65 bits per heavy atom. The number of hydrogen-bond acceptors (Lipinski definition) is 11. The summed E-state index contributed by atoms with van der Waals surface area (Å²) in [5, 5.41) is 21.3. The van der Waals surface area contributed by atoms with Crippen LogP contribution in [0.1, 0.15) is 12.5 Å². The fourth-order valence-corrected chi connectivity index (χ4v) is 4.88. The zero-order valence-electron chi connectivity index (χ0n) is 24.9. The SMILES string of the molecule is C=CC(=O)N1CC(Nc2cc3c(Nc4ccc(Oc5ccn(-c6cnc(OC)nc6)n5)cc4F)c(C#N)cnc3cc2OCC)C1. The first-order valence-electron chi connectivity index (χ1n) is 14.2. The highest BCUT2D eigenvalue weighted by Gasteiger charge is 2.30. The molecule has 6 rings (SSSR count). The number of nitriles is 1. The van der Waals surface area contributed by atoms with Crippen LogP contribution in [0.3, 0.4) is 0 Å². The van der Waals surface area contributed by atoms with Gasteiger partial charge in [0.2, 0.25) is 11.8 Å². The molecule has 2 aromatic carbocycles. The number of likely N-dealkylation sites (tertiary alicyclic amines) is 1. The smallest absolute Gasteiger partial charge is 0.316 e. The molecule has 1 fully saturated rings. The quantitative estimate of drug-likeness (QED) is 0.192. The number of fused-ring (bicyclic) bond motifs is 1. The fraction of sp³-hybridized carbons (Fsp3) is 0.188. The molecule has 0 saturated carbocycles. The Balaban J connectivity index is 1.24. The number of anilines is 3. The van der Waals surface area contributed by atoms with Gasteiger partial charge in [0.15, 0.2) is 0 Å². The first kappa shape index (κ1) is 29.8. The number of halogens is 1. The molecule has 0 unspecified atom stereocenters. The summed E-state index contributed by atoms with van der Waals surface area (Å²) >= 11 is 0. The molecule has 1 amide bonds. The van der Waals surface area contributed by atoms with Crippen LogP contribution in [0, 0.1) is 17.1 Å². The fourth-order valence-electron chi connectivity index (χ4n) is 4.88. The second-order valence-electron chi connectivity index (χ2n) is 10.1. The van der Waals surface area contributed by atoms with Gasteiger partial charge in [0.1, 0.15) is 29.1 Å². The van der Waals surface area contributed by atoms with E-state index in [0.717, 1.165) is 0 Å². The summed E-state index contributed by atoms with van der Waals surface area (Å²) in [5.41, 5.74) is 2.52. The number of aromatic nitrogens is 5. The summed E-state index contributed by atoms with van der Waals surface area (Å²) in [6, 6.07) is 11.9. The number of carbonyl (C=O) groups excluding carboxylic acids is 1. The maximum atomic E-state index is 15.4. The van der Waals surface area contributed by atoms with Crippen molar-refractivity contribution in [1.82, 2.24) is 29.6 Å². The maximum Gasteiger partial charge on any atom is 0.316 e. The molecule has 1 aliphatic heterocycles. The molecule has 14 heteroatoms. The first-order valence-corrected chi connectivity index (χ1v) is 14.2. The average Bonchev–Trinajstić information content (AvgIpc) is 3.52. The van der Waals surface area contributed by atoms with Gasteiger partial charge in [-0.25, -0.2) is 19.0 Å². The Morgan fingerprint density at radius 1 is 1.15 bits per heavy atom. The van der Waals surface area contributed by atoms with Gasteiger partial charge in [-0.05, 0) is 31.2 Å². The predicted octanol–water partition coefficient (Wildman–Crippen LogP) is 4.97. The number of rotatable bonds is 11. The predicted molar refractivity (Wildman–Crippen MR) is 167 cm³/mol. The van der Waals surface area contributed by atoms with Crippen LogP contribution >= 0.6 is 0 Å². The monoisotopic (exact) mass is 621 g/mol. The van der Waals surface area contributed by atoms with E-state index in [-0.39, 0.29) is 40.8 Å². The van der Waals surface area contributed by atoms with E-state index in [0.29, 0.717) is 53.4 Å². The number of amides is 1. The third kappa shape index (κ3) is 6.06. The summed E-state index contributed by atoms with van der Waals surface area (Å²) in [7, 11) is 1.48. The first-order chi connectivity index (χ1) is 22.4. The van der Waals surface area contributed by atoms with Gasteiger partial charge in [-0.1, -0.05) is 6.58 Å². The van der Waals surface area contributed by atoms with Crippen LogP contribution in [-0.4, -0.2) is 68.4 Å². The van der Waals surface area contributed by atoms with E-state index in [1.165, 1.54) is 36.2 Å². The molecule has 0 spiro atoms. The van der Waals surface area contributed by atoms with E-state index in [1.54, 1.807) is 41.7 Å². The molecule has 5 aromatic rings. The molecule has 46 heavy (non-hydrogen) atoms. The maximum absolute atomic E-state index is 15.4. The summed E-state index contributed by atoms with van der Waals surface area (Å²) in [4.78, 5) is 26.1. The topological polar surface area (TPSA) is 152 Å². The lowest BCUT2D eigenvalue weighted by Gasteiger charge is -2.39. The van der Waals surface area contributed by atoms with Gasteiger partial charge in [-0.3, -0.25) is 9.78 Å². The van der Waals surface area contributed by atoms with Gasteiger partial charge in [0.05, 0.1) is 60.3 Å². The minimum absolute atomic E-state index is 0.00926.